The van der Waals surface area contributed by atoms with Crippen molar-refractivity contribution in [2.45, 2.75) is 37.8 Å². The molecule has 0 bridgehead atoms. The van der Waals surface area contributed by atoms with Crippen molar-refractivity contribution in [3.05, 3.63) is 24.3 Å². The third-order valence-electron chi connectivity index (χ3n) is 4.42. The van der Waals surface area contributed by atoms with Crippen LogP contribution in [-0.4, -0.2) is 41.9 Å². The summed E-state index contributed by atoms with van der Waals surface area (Å²) in [5.41, 5.74) is 1.03. The van der Waals surface area contributed by atoms with Crippen molar-refractivity contribution < 1.29 is 9.47 Å². The molecule has 2 saturated heterocycles. The molecule has 0 aliphatic carbocycles. The number of nitrogens with one attached hydrogen (secondary N) is 1. The molecule has 20 heavy (non-hydrogen) atoms. The number of nitrogens with zero attached hydrogens (tertiary/aromatic N) is 2. The molecule has 110 valence electrons. The Bertz CT molecular complexity index is 420. The van der Waals surface area contributed by atoms with Gasteiger partial charge in [0.15, 0.2) is 0 Å². The highest BCUT2D eigenvalue weighted by atomic mass is 16.6. The highest BCUT2D eigenvalue weighted by Crippen LogP contribution is 2.40. The number of ether oxygens (including phenoxy) is 2. The summed E-state index contributed by atoms with van der Waals surface area (Å²) < 4.78 is 11.6. The number of hydrogen-bond donors (Lipinski definition) is 1. The molecule has 2 fully saturated rings. The molecule has 1 aromatic heterocycles. The summed E-state index contributed by atoms with van der Waals surface area (Å²) in [4.78, 5) is 8.46. The molecule has 2 aliphatic heterocycles. The van der Waals surface area contributed by atoms with Gasteiger partial charge in [0.05, 0.1) is 23.9 Å². The molecule has 3 unspecified atom stereocenters. The van der Waals surface area contributed by atoms with Gasteiger partial charge < -0.3 is 14.8 Å². The predicted octanol–water partition coefficient (Wildman–Crippen LogP) is 1.71. The summed E-state index contributed by atoms with van der Waals surface area (Å²) in [6.07, 6.45) is 6.60. The van der Waals surface area contributed by atoms with E-state index < -0.39 is 0 Å². The molecular weight excluding hydrogens is 254 g/mol. The normalized spacial score (nSPS) is 31.6. The van der Waals surface area contributed by atoms with Gasteiger partial charge in [-0.3, -0.25) is 0 Å². The first-order valence-electron chi connectivity index (χ1n) is 7.54. The highest BCUT2D eigenvalue weighted by molar-refractivity contribution is 5.08. The fourth-order valence-corrected chi connectivity index (χ4v) is 3.43. The zero-order valence-electron chi connectivity index (χ0n) is 12.0. The van der Waals surface area contributed by atoms with E-state index in [4.69, 9.17) is 9.47 Å². The second-order valence-corrected chi connectivity index (χ2v) is 5.76. The maximum Gasteiger partial charge on any atom is 0.115 e. The lowest BCUT2D eigenvalue weighted by atomic mass is 9.80. The van der Waals surface area contributed by atoms with Crippen LogP contribution in [-0.2, 0) is 9.47 Å². The van der Waals surface area contributed by atoms with Crippen molar-refractivity contribution in [2.75, 3.05) is 26.4 Å². The molecule has 5 nitrogen and oxygen atoms in total. The van der Waals surface area contributed by atoms with Gasteiger partial charge in [-0.2, -0.15) is 0 Å². The van der Waals surface area contributed by atoms with E-state index in [2.05, 4.69) is 22.2 Å². The first-order chi connectivity index (χ1) is 9.83. The van der Waals surface area contributed by atoms with Crippen molar-refractivity contribution in [2.24, 2.45) is 5.92 Å². The average molecular weight is 277 g/mol. The molecule has 1 N–H and O–H groups in total. The Morgan fingerprint density at radius 2 is 2.45 bits per heavy atom. The predicted molar refractivity (Wildman–Crippen MR) is 75.3 cm³/mol. The van der Waals surface area contributed by atoms with Gasteiger partial charge in [-0.1, -0.05) is 6.92 Å². The summed E-state index contributed by atoms with van der Waals surface area (Å²) in [6.45, 7) is 5.47. The van der Waals surface area contributed by atoms with Gasteiger partial charge in [-0.05, 0) is 31.4 Å². The molecule has 0 amide bonds. The Hall–Kier alpha value is -1.04. The summed E-state index contributed by atoms with van der Waals surface area (Å²) >= 11 is 0. The zero-order valence-corrected chi connectivity index (χ0v) is 12.0. The quantitative estimate of drug-likeness (QED) is 0.908. The van der Waals surface area contributed by atoms with E-state index in [9.17, 15) is 0 Å². The van der Waals surface area contributed by atoms with Gasteiger partial charge >= 0.3 is 0 Å². The van der Waals surface area contributed by atoms with E-state index in [1.54, 1.807) is 6.33 Å². The number of rotatable bonds is 4. The summed E-state index contributed by atoms with van der Waals surface area (Å²) in [6, 6.07) is 2.30. The number of aromatic nitrogens is 2. The van der Waals surface area contributed by atoms with Crippen molar-refractivity contribution in [3.8, 4) is 0 Å². The van der Waals surface area contributed by atoms with Crippen LogP contribution >= 0.6 is 0 Å². The Kier molecular flexibility index (Phi) is 4.29. The van der Waals surface area contributed by atoms with Gasteiger partial charge in [0.1, 0.15) is 6.33 Å². The lowest BCUT2D eigenvalue weighted by Crippen LogP contribution is -2.44. The monoisotopic (exact) mass is 277 g/mol. The maximum atomic E-state index is 6.04. The first kappa shape index (κ1) is 13.9. The second kappa shape index (κ2) is 6.16. The van der Waals surface area contributed by atoms with Crippen LogP contribution in [0, 0.1) is 5.92 Å². The maximum absolute atomic E-state index is 6.04. The lowest BCUT2D eigenvalue weighted by Gasteiger charge is -2.40. The lowest BCUT2D eigenvalue weighted by molar-refractivity contribution is -0.103. The molecule has 3 heterocycles. The SMILES string of the molecule is CCNC(c1ccncn1)C1CCOC2(CCOC2)C1. The average Bonchev–Trinajstić information content (AvgIpc) is 2.93. The molecule has 2 aliphatic rings. The van der Waals surface area contributed by atoms with Crippen LogP contribution in [0.4, 0.5) is 0 Å². The minimum atomic E-state index is -0.0520. The van der Waals surface area contributed by atoms with Crippen molar-refractivity contribution >= 4 is 0 Å². The zero-order chi connectivity index (χ0) is 13.8. The van der Waals surface area contributed by atoms with Gasteiger partial charge in [0.2, 0.25) is 0 Å². The Labute approximate surface area is 120 Å². The van der Waals surface area contributed by atoms with Crippen LogP contribution in [0.3, 0.4) is 0 Å². The minimum absolute atomic E-state index is 0.0520. The van der Waals surface area contributed by atoms with E-state index in [0.717, 1.165) is 51.3 Å². The van der Waals surface area contributed by atoms with E-state index in [0.29, 0.717) is 5.92 Å². The summed E-state index contributed by atoms with van der Waals surface area (Å²) in [5, 5.41) is 3.59. The van der Waals surface area contributed by atoms with Crippen LogP contribution in [0.1, 0.15) is 37.9 Å². The molecule has 3 rings (SSSR count). The first-order valence-corrected chi connectivity index (χ1v) is 7.54. The molecule has 0 aromatic carbocycles. The molecule has 0 saturated carbocycles. The van der Waals surface area contributed by atoms with Crippen LogP contribution in [0.25, 0.3) is 0 Å². The topological polar surface area (TPSA) is 56.3 Å². The molecule has 1 spiro atoms. The molecule has 1 aromatic rings. The standard InChI is InChI=1S/C15H23N3O2/c1-2-17-14(13-3-6-16-11-18-13)12-4-7-20-15(9-12)5-8-19-10-15/h3,6,11-12,14,17H,2,4-5,7-10H2,1H3. The van der Waals surface area contributed by atoms with Crippen LogP contribution in [0.2, 0.25) is 0 Å². The smallest absolute Gasteiger partial charge is 0.115 e. The fraction of sp³-hybridized carbons (Fsp3) is 0.733. The summed E-state index contributed by atoms with van der Waals surface area (Å²) in [7, 11) is 0. The van der Waals surface area contributed by atoms with Crippen molar-refractivity contribution in [1.82, 2.24) is 15.3 Å². The summed E-state index contributed by atoms with van der Waals surface area (Å²) in [5.74, 6) is 0.542. The molecule has 0 radical (unpaired) electrons. The largest absolute Gasteiger partial charge is 0.378 e. The highest BCUT2D eigenvalue weighted by Gasteiger charge is 2.43. The third kappa shape index (κ3) is 2.85. The molecule has 5 heteroatoms. The van der Waals surface area contributed by atoms with Gasteiger partial charge in [-0.25, -0.2) is 9.97 Å². The van der Waals surface area contributed by atoms with E-state index in [1.807, 2.05) is 12.3 Å². The fourth-order valence-electron chi connectivity index (χ4n) is 3.43. The minimum Gasteiger partial charge on any atom is -0.378 e. The van der Waals surface area contributed by atoms with Crippen molar-refractivity contribution in [1.29, 1.82) is 0 Å². The Balaban J connectivity index is 1.77. The van der Waals surface area contributed by atoms with E-state index >= 15 is 0 Å². The van der Waals surface area contributed by atoms with Crippen LogP contribution in [0.5, 0.6) is 0 Å². The van der Waals surface area contributed by atoms with Crippen LogP contribution < -0.4 is 5.32 Å². The van der Waals surface area contributed by atoms with E-state index in [-0.39, 0.29) is 11.6 Å². The van der Waals surface area contributed by atoms with Gasteiger partial charge in [0.25, 0.3) is 0 Å². The Morgan fingerprint density at radius 1 is 1.50 bits per heavy atom. The third-order valence-corrected chi connectivity index (χ3v) is 4.42. The Morgan fingerprint density at radius 3 is 3.15 bits per heavy atom. The number of hydrogen-bond acceptors (Lipinski definition) is 5. The van der Waals surface area contributed by atoms with Gasteiger partial charge in [0, 0.05) is 25.8 Å². The molecular formula is C15H23N3O2. The molecule has 3 atom stereocenters. The van der Waals surface area contributed by atoms with Crippen molar-refractivity contribution in [3.63, 3.8) is 0 Å². The second-order valence-electron chi connectivity index (χ2n) is 5.76. The van der Waals surface area contributed by atoms with E-state index in [1.165, 1.54) is 0 Å². The van der Waals surface area contributed by atoms with Gasteiger partial charge in [-0.15, -0.1) is 0 Å². The van der Waals surface area contributed by atoms with Crippen LogP contribution in [0.15, 0.2) is 18.6 Å².